The van der Waals surface area contributed by atoms with Gasteiger partial charge in [0, 0.05) is 38.7 Å². The molecule has 6 heteroatoms. The highest BCUT2D eigenvalue weighted by molar-refractivity contribution is 5.74. The SMILES string of the molecule is CC(=O)N1CCn2c(N3CCOCC3)nc(-c3ccc(C)cc3)c2C1. The molecule has 25 heavy (non-hydrogen) atoms. The second-order valence-electron chi connectivity index (χ2n) is 6.76. The molecule has 0 N–H and O–H groups in total. The topological polar surface area (TPSA) is 50.6 Å². The molecule has 3 heterocycles. The summed E-state index contributed by atoms with van der Waals surface area (Å²) >= 11 is 0. The van der Waals surface area contributed by atoms with E-state index in [9.17, 15) is 4.79 Å². The van der Waals surface area contributed by atoms with E-state index in [1.165, 1.54) is 5.56 Å². The van der Waals surface area contributed by atoms with Gasteiger partial charge in [-0.1, -0.05) is 29.8 Å². The van der Waals surface area contributed by atoms with Crippen molar-refractivity contribution in [2.45, 2.75) is 26.9 Å². The molecule has 132 valence electrons. The van der Waals surface area contributed by atoms with Gasteiger partial charge < -0.3 is 19.1 Å². The van der Waals surface area contributed by atoms with E-state index in [1.807, 2.05) is 4.90 Å². The van der Waals surface area contributed by atoms with Gasteiger partial charge >= 0.3 is 0 Å². The van der Waals surface area contributed by atoms with Gasteiger partial charge in [0.2, 0.25) is 11.9 Å². The molecule has 0 bridgehead atoms. The molecular weight excluding hydrogens is 316 g/mol. The Labute approximate surface area is 148 Å². The third-order valence-corrected chi connectivity index (χ3v) is 5.05. The van der Waals surface area contributed by atoms with Crippen molar-refractivity contribution in [2.75, 3.05) is 37.7 Å². The first-order chi connectivity index (χ1) is 12.1. The van der Waals surface area contributed by atoms with E-state index in [2.05, 4.69) is 40.7 Å². The fraction of sp³-hybridized carbons (Fsp3) is 0.474. The molecule has 2 aromatic rings. The molecule has 0 saturated carbocycles. The van der Waals surface area contributed by atoms with Crippen molar-refractivity contribution < 1.29 is 9.53 Å². The molecule has 1 saturated heterocycles. The maximum absolute atomic E-state index is 11.9. The summed E-state index contributed by atoms with van der Waals surface area (Å²) < 4.78 is 7.78. The lowest BCUT2D eigenvalue weighted by Gasteiger charge is -2.32. The number of nitrogens with zero attached hydrogens (tertiary/aromatic N) is 4. The molecule has 0 unspecified atom stereocenters. The highest BCUT2D eigenvalue weighted by Crippen LogP contribution is 2.32. The zero-order chi connectivity index (χ0) is 17.4. The number of anilines is 1. The Bertz CT molecular complexity index is 775. The van der Waals surface area contributed by atoms with Crippen LogP contribution in [-0.4, -0.2) is 53.2 Å². The van der Waals surface area contributed by atoms with E-state index in [4.69, 9.17) is 9.72 Å². The molecule has 1 aromatic heterocycles. The summed E-state index contributed by atoms with van der Waals surface area (Å²) in [5, 5.41) is 0. The largest absolute Gasteiger partial charge is 0.378 e. The van der Waals surface area contributed by atoms with Gasteiger partial charge in [-0.05, 0) is 6.92 Å². The second-order valence-corrected chi connectivity index (χ2v) is 6.76. The number of amides is 1. The van der Waals surface area contributed by atoms with Crippen molar-refractivity contribution in [2.24, 2.45) is 0 Å². The summed E-state index contributed by atoms with van der Waals surface area (Å²) in [6.07, 6.45) is 0. The lowest BCUT2D eigenvalue weighted by molar-refractivity contribution is -0.130. The van der Waals surface area contributed by atoms with E-state index in [0.29, 0.717) is 6.54 Å². The molecule has 1 aromatic carbocycles. The number of hydrogen-bond acceptors (Lipinski definition) is 4. The van der Waals surface area contributed by atoms with Gasteiger partial charge in [-0.15, -0.1) is 0 Å². The van der Waals surface area contributed by atoms with Gasteiger partial charge in [0.15, 0.2) is 0 Å². The molecule has 0 aliphatic carbocycles. The van der Waals surface area contributed by atoms with Crippen molar-refractivity contribution in [1.29, 1.82) is 0 Å². The van der Waals surface area contributed by atoms with Crippen LogP contribution in [0.2, 0.25) is 0 Å². The molecule has 6 nitrogen and oxygen atoms in total. The van der Waals surface area contributed by atoms with Crippen molar-refractivity contribution in [1.82, 2.24) is 14.5 Å². The summed E-state index contributed by atoms with van der Waals surface area (Å²) in [7, 11) is 0. The maximum Gasteiger partial charge on any atom is 0.219 e. The van der Waals surface area contributed by atoms with Crippen LogP contribution in [0.4, 0.5) is 5.95 Å². The summed E-state index contributed by atoms with van der Waals surface area (Å²) in [6.45, 7) is 9.08. The highest BCUT2D eigenvalue weighted by Gasteiger charge is 2.28. The quantitative estimate of drug-likeness (QED) is 0.840. The van der Waals surface area contributed by atoms with Crippen molar-refractivity contribution >= 4 is 11.9 Å². The highest BCUT2D eigenvalue weighted by atomic mass is 16.5. The summed E-state index contributed by atoms with van der Waals surface area (Å²) in [5.41, 5.74) is 4.47. The van der Waals surface area contributed by atoms with Crippen LogP contribution in [0, 0.1) is 6.92 Å². The lowest BCUT2D eigenvalue weighted by atomic mass is 10.1. The molecule has 4 rings (SSSR count). The van der Waals surface area contributed by atoms with E-state index >= 15 is 0 Å². The van der Waals surface area contributed by atoms with Crippen molar-refractivity contribution in [3.8, 4) is 11.3 Å². The molecular formula is C19H24N4O2. The Kier molecular flexibility index (Phi) is 4.21. The lowest BCUT2D eigenvalue weighted by Crippen LogP contribution is -2.41. The van der Waals surface area contributed by atoms with Crippen LogP contribution in [-0.2, 0) is 22.6 Å². The van der Waals surface area contributed by atoms with Crippen LogP contribution in [0.5, 0.6) is 0 Å². The van der Waals surface area contributed by atoms with Gasteiger partial charge in [-0.25, -0.2) is 4.98 Å². The first-order valence-corrected chi connectivity index (χ1v) is 8.88. The maximum atomic E-state index is 11.9. The van der Waals surface area contributed by atoms with E-state index in [1.54, 1.807) is 6.92 Å². The van der Waals surface area contributed by atoms with E-state index in [0.717, 1.165) is 62.3 Å². The minimum Gasteiger partial charge on any atom is -0.378 e. The number of fused-ring (bicyclic) bond motifs is 1. The Morgan fingerprint density at radius 2 is 1.80 bits per heavy atom. The normalized spacial score (nSPS) is 17.5. The molecule has 0 atom stereocenters. The average molecular weight is 340 g/mol. The molecule has 1 amide bonds. The fourth-order valence-corrected chi connectivity index (χ4v) is 3.57. The number of carbonyl (C=O) groups excluding carboxylic acids is 1. The minimum atomic E-state index is 0.121. The predicted molar refractivity (Wildman–Crippen MR) is 96.5 cm³/mol. The second kappa shape index (κ2) is 6.52. The standard InChI is InChI=1S/C19H24N4O2/c1-14-3-5-16(6-4-14)18-17-13-22(15(2)24)7-8-23(17)19(20-18)21-9-11-25-12-10-21/h3-6H,7-13H2,1-2H3. The monoisotopic (exact) mass is 340 g/mol. The van der Waals surface area contributed by atoms with Gasteiger partial charge in [0.05, 0.1) is 31.1 Å². The van der Waals surface area contributed by atoms with Crippen LogP contribution < -0.4 is 4.90 Å². The van der Waals surface area contributed by atoms with Crippen LogP contribution >= 0.6 is 0 Å². The molecule has 1 fully saturated rings. The number of aryl methyl sites for hydroxylation is 1. The zero-order valence-corrected chi connectivity index (χ0v) is 14.9. The Morgan fingerprint density at radius 1 is 1.08 bits per heavy atom. The molecule has 0 spiro atoms. The zero-order valence-electron chi connectivity index (χ0n) is 14.9. The third kappa shape index (κ3) is 3.02. The number of carbonyl (C=O) groups is 1. The number of aromatic nitrogens is 2. The van der Waals surface area contributed by atoms with Crippen LogP contribution in [0.15, 0.2) is 24.3 Å². The van der Waals surface area contributed by atoms with Crippen molar-refractivity contribution in [3.05, 3.63) is 35.5 Å². The smallest absolute Gasteiger partial charge is 0.219 e. The van der Waals surface area contributed by atoms with Gasteiger partial charge in [-0.3, -0.25) is 4.79 Å². The first kappa shape index (κ1) is 16.1. The van der Waals surface area contributed by atoms with Gasteiger partial charge in [0.1, 0.15) is 0 Å². The molecule has 2 aliphatic rings. The summed E-state index contributed by atoms with van der Waals surface area (Å²) in [4.78, 5) is 21.1. The van der Waals surface area contributed by atoms with Crippen LogP contribution in [0.3, 0.4) is 0 Å². The summed E-state index contributed by atoms with van der Waals surface area (Å²) in [6, 6.07) is 8.46. The first-order valence-electron chi connectivity index (χ1n) is 8.88. The van der Waals surface area contributed by atoms with Gasteiger partial charge in [-0.2, -0.15) is 0 Å². The average Bonchev–Trinajstić information content (AvgIpc) is 3.02. The Balaban J connectivity index is 1.78. The molecule has 0 radical (unpaired) electrons. The number of benzene rings is 1. The number of morpholine rings is 1. The number of hydrogen-bond donors (Lipinski definition) is 0. The van der Waals surface area contributed by atoms with Crippen LogP contribution in [0.25, 0.3) is 11.3 Å². The Morgan fingerprint density at radius 3 is 2.48 bits per heavy atom. The number of rotatable bonds is 2. The van der Waals surface area contributed by atoms with E-state index in [-0.39, 0.29) is 5.91 Å². The predicted octanol–water partition coefficient (Wildman–Crippen LogP) is 2.06. The molecule has 2 aliphatic heterocycles. The fourth-order valence-electron chi connectivity index (χ4n) is 3.57. The number of imidazole rings is 1. The number of ether oxygens (including phenoxy) is 1. The van der Waals surface area contributed by atoms with Crippen LogP contribution in [0.1, 0.15) is 18.2 Å². The van der Waals surface area contributed by atoms with E-state index < -0.39 is 0 Å². The van der Waals surface area contributed by atoms with Gasteiger partial charge in [0.25, 0.3) is 0 Å². The summed E-state index contributed by atoms with van der Waals surface area (Å²) in [5.74, 6) is 1.13. The third-order valence-electron chi connectivity index (χ3n) is 5.05. The van der Waals surface area contributed by atoms with Crippen molar-refractivity contribution in [3.63, 3.8) is 0 Å². The minimum absolute atomic E-state index is 0.121. The Hall–Kier alpha value is -2.34.